The Balaban J connectivity index is 1.65. The predicted octanol–water partition coefficient (Wildman–Crippen LogP) is 4.90. The minimum atomic E-state index is -0.479. The van der Waals surface area contributed by atoms with Crippen molar-refractivity contribution in [3.05, 3.63) is 83.2 Å². The second-order valence-electron chi connectivity index (χ2n) is 8.29. The zero-order valence-corrected chi connectivity index (χ0v) is 22.3. The minimum absolute atomic E-state index is 0.0519. The van der Waals surface area contributed by atoms with E-state index in [1.165, 1.54) is 11.8 Å². The average Bonchev–Trinajstić information content (AvgIpc) is 3.25. The van der Waals surface area contributed by atoms with Crippen LogP contribution in [0.4, 0.5) is 5.69 Å². The molecule has 0 saturated heterocycles. The molecule has 9 nitrogen and oxygen atoms in total. The summed E-state index contributed by atoms with van der Waals surface area (Å²) >= 11 is 7.33. The lowest BCUT2D eigenvalue weighted by Gasteiger charge is -2.15. The van der Waals surface area contributed by atoms with Crippen molar-refractivity contribution < 1.29 is 19.1 Å². The van der Waals surface area contributed by atoms with Crippen LogP contribution in [0, 0.1) is 0 Å². The highest BCUT2D eigenvalue weighted by atomic mass is 35.5. The van der Waals surface area contributed by atoms with E-state index in [0.29, 0.717) is 39.4 Å². The first-order valence-corrected chi connectivity index (χ1v) is 12.9. The molecule has 2 amide bonds. The van der Waals surface area contributed by atoms with Gasteiger partial charge >= 0.3 is 5.97 Å². The number of carbonyl (C=O) groups excluding carboxylic acids is 3. The number of aromatic nitrogens is 3. The number of hydrogen-bond donors (Lipinski definition) is 2. The normalized spacial score (nSPS) is 11.6. The second-order valence-corrected chi connectivity index (χ2v) is 9.64. The van der Waals surface area contributed by atoms with E-state index in [0.717, 1.165) is 0 Å². The topological polar surface area (TPSA) is 115 Å². The highest BCUT2D eigenvalue weighted by Gasteiger charge is 2.21. The Morgan fingerprint density at radius 1 is 1.14 bits per heavy atom. The molecule has 3 aromatic rings. The number of nitrogens with zero attached hydrogens (tertiary/aromatic N) is 3. The van der Waals surface area contributed by atoms with E-state index in [1.54, 1.807) is 79.9 Å². The third kappa shape index (κ3) is 7.68. The summed E-state index contributed by atoms with van der Waals surface area (Å²) in [5.74, 6) is -0.509. The Kier molecular flexibility index (Phi) is 9.87. The van der Waals surface area contributed by atoms with Gasteiger partial charge in [0, 0.05) is 12.2 Å². The van der Waals surface area contributed by atoms with Crippen LogP contribution in [0.15, 0.2) is 66.3 Å². The van der Waals surface area contributed by atoms with Crippen LogP contribution < -0.4 is 10.6 Å². The number of halogens is 1. The number of esters is 1. The quantitative estimate of drug-likeness (QED) is 0.201. The van der Waals surface area contributed by atoms with Gasteiger partial charge in [-0.3, -0.25) is 9.59 Å². The number of anilines is 1. The van der Waals surface area contributed by atoms with E-state index in [2.05, 4.69) is 27.4 Å². The molecule has 1 atom stereocenters. The van der Waals surface area contributed by atoms with Crippen molar-refractivity contribution in [2.75, 3.05) is 11.1 Å². The van der Waals surface area contributed by atoms with Crippen molar-refractivity contribution in [3.8, 4) is 0 Å². The van der Waals surface area contributed by atoms with E-state index >= 15 is 0 Å². The van der Waals surface area contributed by atoms with Gasteiger partial charge in [0.1, 0.15) is 0 Å². The number of benzene rings is 2. The van der Waals surface area contributed by atoms with Crippen molar-refractivity contribution in [2.24, 2.45) is 0 Å². The number of carbonyl (C=O) groups is 3. The Morgan fingerprint density at radius 3 is 2.59 bits per heavy atom. The maximum Gasteiger partial charge on any atom is 0.338 e. The number of rotatable bonds is 11. The van der Waals surface area contributed by atoms with Gasteiger partial charge in [0.05, 0.1) is 34.0 Å². The Bertz CT molecular complexity index is 1290. The van der Waals surface area contributed by atoms with Crippen LogP contribution in [-0.2, 0) is 16.1 Å². The fourth-order valence-electron chi connectivity index (χ4n) is 3.35. The Hall–Kier alpha value is -3.63. The van der Waals surface area contributed by atoms with Crippen LogP contribution in [0.2, 0.25) is 5.02 Å². The van der Waals surface area contributed by atoms with Gasteiger partial charge in [-0.05, 0) is 51.1 Å². The third-order valence-corrected chi connectivity index (χ3v) is 6.26. The Morgan fingerprint density at radius 2 is 1.89 bits per heavy atom. The number of hydrogen-bond acceptors (Lipinski definition) is 7. The molecule has 0 aliphatic carbocycles. The first-order valence-electron chi connectivity index (χ1n) is 11.5. The highest BCUT2D eigenvalue weighted by molar-refractivity contribution is 7.99. The molecular weight excluding hydrogens is 514 g/mol. The maximum atomic E-state index is 12.7. The summed E-state index contributed by atoms with van der Waals surface area (Å²) in [6.07, 6.45) is 1.44. The molecule has 0 saturated carbocycles. The van der Waals surface area contributed by atoms with E-state index in [4.69, 9.17) is 16.3 Å². The standard InChI is InChI=1S/C26H28ClN5O4S/c1-5-13-32-23(17(4)28-24(34)20-11-6-7-12-21(20)27)30-31-26(32)37-15-22(33)29-19-10-8-9-18(14-19)25(35)36-16(2)3/h5-12,14,16-17H,1,13,15H2,2-4H3,(H,28,34)(H,29,33)/t17-/m0/s1. The van der Waals surface area contributed by atoms with Crippen molar-refractivity contribution in [3.63, 3.8) is 0 Å². The predicted molar refractivity (Wildman–Crippen MR) is 144 cm³/mol. The molecule has 194 valence electrons. The molecule has 0 aliphatic rings. The van der Waals surface area contributed by atoms with Crippen molar-refractivity contribution in [2.45, 2.75) is 44.6 Å². The average molecular weight is 542 g/mol. The molecular formula is C26H28ClN5O4S. The zero-order chi connectivity index (χ0) is 26.9. The van der Waals surface area contributed by atoms with Gasteiger partial charge in [0.2, 0.25) is 5.91 Å². The minimum Gasteiger partial charge on any atom is -0.459 e. The monoisotopic (exact) mass is 541 g/mol. The lowest BCUT2D eigenvalue weighted by Crippen LogP contribution is -2.29. The first-order chi connectivity index (χ1) is 17.7. The summed E-state index contributed by atoms with van der Waals surface area (Å²) in [7, 11) is 0. The smallest absolute Gasteiger partial charge is 0.338 e. The van der Waals surface area contributed by atoms with Gasteiger partial charge < -0.3 is 19.9 Å². The van der Waals surface area contributed by atoms with Crippen LogP contribution in [0.3, 0.4) is 0 Å². The van der Waals surface area contributed by atoms with Crippen LogP contribution in [0.25, 0.3) is 0 Å². The fourth-order valence-corrected chi connectivity index (χ4v) is 4.32. The summed E-state index contributed by atoms with van der Waals surface area (Å²) in [5.41, 5.74) is 1.19. The summed E-state index contributed by atoms with van der Waals surface area (Å²) in [6.45, 7) is 9.49. The van der Waals surface area contributed by atoms with Gasteiger partial charge in [0.15, 0.2) is 11.0 Å². The molecule has 0 aliphatic heterocycles. The third-order valence-electron chi connectivity index (χ3n) is 4.97. The summed E-state index contributed by atoms with van der Waals surface area (Å²) in [4.78, 5) is 37.4. The van der Waals surface area contributed by atoms with Crippen LogP contribution in [0.5, 0.6) is 0 Å². The largest absolute Gasteiger partial charge is 0.459 e. The molecule has 2 N–H and O–H groups in total. The molecule has 1 aromatic heterocycles. The summed E-state index contributed by atoms with van der Waals surface area (Å²) in [5, 5.41) is 14.9. The van der Waals surface area contributed by atoms with Gasteiger partial charge in [-0.2, -0.15) is 0 Å². The van der Waals surface area contributed by atoms with Crippen molar-refractivity contribution >= 4 is 46.8 Å². The molecule has 0 fully saturated rings. The van der Waals surface area contributed by atoms with E-state index in [1.807, 2.05) is 0 Å². The number of nitrogens with one attached hydrogen (secondary N) is 2. The van der Waals surface area contributed by atoms with E-state index in [9.17, 15) is 14.4 Å². The maximum absolute atomic E-state index is 12.7. The lowest BCUT2D eigenvalue weighted by atomic mass is 10.2. The van der Waals surface area contributed by atoms with Gasteiger partial charge in [0.25, 0.3) is 5.91 Å². The van der Waals surface area contributed by atoms with Crippen molar-refractivity contribution in [1.82, 2.24) is 20.1 Å². The van der Waals surface area contributed by atoms with Crippen LogP contribution in [-0.4, -0.2) is 44.4 Å². The molecule has 37 heavy (non-hydrogen) atoms. The van der Waals surface area contributed by atoms with Crippen LogP contribution in [0.1, 0.15) is 53.4 Å². The molecule has 0 bridgehead atoms. The first kappa shape index (κ1) is 27.9. The number of allylic oxidation sites excluding steroid dienone is 1. The van der Waals surface area contributed by atoms with Crippen molar-refractivity contribution in [1.29, 1.82) is 0 Å². The van der Waals surface area contributed by atoms with Gasteiger partial charge in [-0.15, -0.1) is 16.8 Å². The zero-order valence-electron chi connectivity index (χ0n) is 20.7. The summed E-state index contributed by atoms with van der Waals surface area (Å²) < 4.78 is 6.98. The highest BCUT2D eigenvalue weighted by Crippen LogP contribution is 2.23. The van der Waals surface area contributed by atoms with E-state index < -0.39 is 12.0 Å². The summed E-state index contributed by atoms with van der Waals surface area (Å²) in [6, 6.07) is 12.8. The Labute approximate surface area is 224 Å². The molecule has 0 unspecified atom stereocenters. The molecule has 1 heterocycles. The SMILES string of the molecule is C=CCn1c(SCC(=O)Nc2cccc(C(=O)OC(C)C)c2)nnc1[C@H](C)NC(=O)c1ccccc1Cl. The van der Waals surface area contributed by atoms with Crippen LogP contribution >= 0.6 is 23.4 Å². The van der Waals surface area contributed by atoms with Gasteiger partial charge in [-0.1, -0.05) is 47.6 Å². The molecule has 0 spiro atoms. The second kappa shape index (κ2) is 13.1. The molecule has 3 rings (SSSR count). The fraction of sp³-hybridized carbons (Fsp3) is 0.269. The molecule has 11 heteroatoms. The van der Waals surface area contributed by atoms with Gasteiger partial charge in [-0.25, -0.2) is 4.79 Å². The lowest BCUT2D eigenvalue weighted by molar-refractivity contribution is -0.113. The number of thioether (sulfide) groups is 1. The number of amides is 2. The number of ether oxygens (including phenoxy) is 1. The van der Waals surface area contributed by atoms with E-state index in [-0.39, 0.29) is 23.7 Å². The molecule has 0 radical (unpaired) electrons. The molecule has 2 aromatic carbocycles.